The smallest absolute Gasteiger partial charge is 0.330 e. The molecule has 34 heavy (non-hydrogen) atoms. The minimum atomic E-state index is -3.17. The summed E-state index contributed by atoms with van der Waals surface area (Å²) in [5.41, 5.74) is 0. The van der Waals surface area contributed by atoms with Gasteiger partial charge in [0.25, 0.3) is 0 Å². The molecule has 0 radical (unpaired) electrons. The Hall–Kier alpha value is -0.960. The molecule has 15 nitrogen and oxygen atoms in total. The highest BCUT2D eigenvalue weighted by molar-refractivity contribution is 7.57. The van der Waals surface area contributed by atoms with Crippen LogP contribution in [0, 0.1) is 0 Å². The van der Waals surface area contributed by atoms with E-state index in [1.165, 1.54) is 20.9 Å². The molecule has 0 saturated heterocycles. The van der Waals surface area contributed by atoms with Crippen LogP contribution in [0.4, 0.5) is 0 Å². The Morgan fingerprint density at radius 3 is 1.41 bits per heavy atom. The van der Waals surface area contributed by atoms with Gasteiger partial charge in [-0.1, -0.05) is 0 Å². The van der Waals surface area contributed by atoms with E-state index in [0.29, 0.717) is 0 Å². The molecule has 7 N–H and O–H groups in total. The topological polar surface area (TPSA) is 235 Å². The molecular weight excluding hydrogens is 502 g/mol. The number of carbonyl (C=O) groups is 2. The molecule has 0 aliphatic heterocycles. The van der Waals surface area contributed by atoms with Crippen LogP contribution >= 0.6 is 15.0 Å². The van der Waals surface area contributed by atoms with Crippen molar-refractivity contribution in [3.63, 3.8) is 0 Å². The fourth-order valence-electron chi connectivity index (χ4n) is 2.48. The van der Waals surface area contributed by atoms with E-state index in [9.17, 15) is 39.1 Å². The van der Waals surface area contributed by atoms with Crippen molar-refractivity contribution in [2.75, 3.05) is 46.3 Å². The van der Waals surface area contributed by atoms with Crippen molar-refractivity contribution in [2.24, 2.45) is 0 Å². The van der Waals surface area contributed by atoms with Crippen molar-refractivity contribution in [1.29, 1.82) is 0 Å². The Labute approximate surface area is 198 Å². The average Bonchev–Trinajstić information content (AvgIpc) is 2.75. The van der Waals surface area contributed by atoms with Crippen LogP contribution in [0.5, 0.6) is 0 Å². The molecule has 1 unspecified atom stereocenters. The van der Waals surface area contributed by atoms with E-state index >= 15 is 0 Å². The van der Waals surface area contributed by atoms with Crippen molar-refractivity contribution in [3.8, 4) is 0 Å². The summed E-state index contributed by atoms with van der Waals surface area (Å²) in [6.07, 6.45) is -3.64. The van der Waals surface area contributed by atoms with Gasteiger partial charge < -0.3 is 34.4 Å². The van der Waals surface area contributed by atoms with Gasteiger partial charge in [0, 0.05) is 39.9 Å². The second-order valence-electron chi connectivity index (χ2n) is 7.59. The minimum absolute atomic E-state index is 0.0183. The van der Waals surface area contributed by atoms with E-state index in [4.69, 9.17) is 15.3 Å². The number of hydrogen-bond donors (Lipinski definition) is 7. The summed E-state index contributed by atoms with van der Waals surface area (Å²) in [7, 11) is -3.82. The Kier molecular flexibility index (Phi) is 19.0. The molecule has 17 heteroatoms. The van der Waals surface area contributed by atoms with Gasteiger partial charge in [-0.3, -0.25) is 29.1 Å². The maximum absolute atomic E-state index is 11.7. The molecule has 2 amide bonds. The lowest BCUT2D eigenvalue weighted by Gasteiger charge is -2.19. The van der Waals surface area contributed by atoms with Crippen LogP contribution in [0.3, 0.4) is 0 Å². The molecule has 0 heterocycles. The quantitative estimate of drug-likeness (QED) is 0.0482. The first-order chi connectivity index (χ1) is 15.6. The fraction of sp³-hybridized carbons (Fsp3) is 0.882. The van der Waals surface area contributed by atoms with Gasteiger partial charge in [-0.2, -0.15) is 0 Å². The van der Waals surface area contributed by atoms with E-state index in [0.717, 1.165) is 0 Å². The summed E-state index contributed by atoms with van der Waals surface area (Å²) >= 11 is 0. The molecule has 0 spiro atoms. The molecular formula is C17H38N2O13P2. The molecule has 0 bridgehead atoms. The van der Waals surface area contributed by atoms with Crippen LogP contribution in [0.1, 0.15) is 25.7 Å². The lowest BCUT2D eigenvalue weighted by Crippen LogP contribution is -2.31. The molecule has 204 valence electrons. The second kappa shape index (κ2) is 18.3. The first kappa shape index (κ1) is 35.2. The molecule has 0 fully saturated rings. The fourth-order valence-corrected chi connectivity index (χ4v) is 4.39. The highest BCUT2D eigenvalue weighted by atomic mass is 31.2. The van der Waals surface area contributed by atoms with E-state index in [2.05, 4.69) is 9.05 Å². The van der Waals surface area contributed by atoms with Crippen LogP contribution in [-0.4, -0.2) is 129 Å². The monoisotopic (exact) mass is 540 g/mol. The normalized spacial score (nSPS) is 16.8. The first-order valence-electron chi connectivity index (χ1n) is 10.1. The summed E-state index contributed by atoms with van der Waals surface area (Å²) < 4.78 is 31.9. The predicted molar refractivity (Wildman–Crippen MR) is 119 cm³/mol. The first-order valence-corrected chi connectivity index (χ1v) is 14.2. The third kappa shape index (κ3) is 20.4. The van der Waals surface area contributed by atoms with Crippen molar-refractivity contribution < 1.29 is 63.5 Å². The van der Waals surface area contributed by atoms with Crippen molar-refractivity contribution in [1.82, 2.24) is 10.1 Å². The predicted octanol–water partition coefficient (Wildman–Crippen LogP) is -0.942. The van der Waals surface area contributed by atoms with Gasteiger partial charge in [-0.15, -0.1) is 0 Å². The molecule has 0 aliphatic rings. The summed E-state index contributed by atoms with van der Waals surface area (Å²) in [5, 5.41) is 55.8. The molecule has 0 aromatic rings. The Morgan fingerprint density at radius 2 is 1.12 bits per heavy atom. The molecule has 0 saturated carbocycles. The maximum atomic E-state index is 11.7. The van der Waals surface area contributed by atoms with E-state index in [1.54, 1.807) is 0 Å². The highest BCUT2D eigenvalue weighted by Crippen LogP contribution is 2.47. The van der Waals surface area contributed by atoms with Gasteiger partial charge in [0.1, 0.15) is 0 Å². The molecule has 0 aromatic heterocycles. The van der Waals surface area contributed by atoms with E-state index in [1.807, 2.05) is 0 Å². The van der Waals surface area contributed by atoms with E-state index in [-0.39, 0.29) is 74.0 Å². The summed E-state index contributed by atoms with van der Waals surface area (Å²) in [5.74, 6) is 0. The van der Waals surface area contributed by atoms with Gasteiger partial charge in [0.05, 0.1) is 43.7 Å². The number of aliphatic hydroxyl groups excluding tert-OH is 4. The average molecular weight is 540 g/mol. The van der Waals surface area contributed by atoms with Crippen LogP contribution < -0.4 is 0 Å². The molecule has 0 aromatic carbocycles. The molecule has 0 aliphatic carbocycles. The zero-order valence-corrected chi connectivity index (χ0v) is 21.3. The minimum Gasteiger partial charge on any atom is -0.393 e. The van der Waals surface area contributed by atoms with Crippen LogP contribution in [0.25, 0.3) is 0 Å². The zero-order valence-electron chi connectivity index (χ0n) is 19.5. The third-order valence-corrected chi connectivity index (χ3v) is 7.30. The second-order valence-corrected chi connectivity index (χ2v) is 12.5. The molecule has 0 rings (SSSR count). The number of aliphatic hydroxyl groups is 4. The number of hydroxylamine groups is 4. The Balaban J connectivity index is 0. The van der Waals surface area contributed by atoms with Crippen LogP contribution in [-0.2, 0) is 27.8 Å². The number of rotatable bonds is 18. The van der Waals surface area contributed by atoms with Crippen molar-refractivity contribution in [2.45, 2.75) is 50.1 Å². The number of carbonyl (C=O) groups excluding carboxylic acids is 2. The molecule has 5 atom stereocenters. The largest absolute Gasteiger partial charge is 0.393 e. The highest BCUT2D eigenvalue weighted by Gasteiger charge is 2.23. The summed E-state index contributed by atoms with van der Waals surface area (Å²) in [6, 6.07) is 0. The van der Waals surface area contributed by atoms with Crippen molar-refractivity contribution in [3.05, 3.63) is 0 Å². The van der Waals surface area contributed by atoms with Gasteiger partial charge >= 0.3 is 7.60 Å². The number of nitrogens with zero attached hydrogens (tertiary/aromatic N) is 2. The SMILES string of the molecule is COP(=O)(CC[C@@H](O)C[C@@H](O)CN(O)C=O)OC.CP(=O)(O)CC[C@@H](O)C[C@@H](O)CN(O)C=O. The summed E-state index contributed by atoms with van der Waals surface area (Å²) in [6.45, 7) is 0.592. The standard InChI is InChI=1S/C9H20NO7P.C8H18NO6P/c1-16-18(15,17-2)4-3-8(12)5-9(13)6-10(14)7-11;1-16(14,15)3-2-7(11)4-8(12)5-9(13)6-10/h7-9,12-14H,3-6H2,1-2H3;6-8,11-13H,2-5H2,1H3,(H,14,15)/t8-,9-;7-,8-/m11/s1. The number of amides is 2. The van der Waals surface area contributed by atoms with Gasteiger partial charge in [-0.25, -0.2) is 10.1 Å². The van der Waals surface area contributed by atoms with Crippen LogP contribution in [0.2, 0.25) is 0 Å². The van der Waals surface area contributed by atoms with E-state index < -0.39 is 39.4 Å². The van der Waals surface area contributed by atoms with Gasteiger partial charge in [0.15, 0.2) is 7.37 Å². The lowest BCUT2D eigenvalue weighted by atomic mass is 10.1. The summed E-state index contributed by atoms with van der Waals surface area (Å²) in [4.78, 5) is 29.1. The Morgan fingerprint density at radius 1 is 0.765 bits per heavy atom. The maximum Gasteiger partial charge on any atom is 0.330 e. The Bertz CT molecular complexity index is 643. The van der Waals surface area contributed by atoms with Gasteiger partial charge in [0.2, 0.25) is 12.8 Å². The number of hydrogen-bond acceptors (Lipinski definition) is 12. The lowest BCUT2D eigenvalue weighted by molar-refractivity contribution is -0.156. The van der Waals surface area contributed by atoms with Crippen molar-refractivity contribution >= 4 is 27.8 Å². The van der Waals surface area contributed by atoms with Gasteiger partial charge in [-0.05, 0) is 12.8 Å². The zero-order chi connectivity index (χ0) is 26.9. The third-order valence-electron chi connectivity index (χ3n) is 4.30. The van der Waals surface area contributed by atoms with Crippen LogP contribution in [0.15, 0.2) is 0 Å².